The van der Waals surface area contributed by atoms with Gasteiger partial charge in [-0.15, -0.1) is 0 Å². The Morgan fingerprint density at radius 2 is 1.76 bits per heavy atom. The Kier molecular flexibility index (Phi) is 6.15. The molecule has 5 nitrogen and oxygen atoms in total. The highest BCUT2D eigenvalue weighted by Gasteiger charge is 2.41. The molecule has 1 unspecified atom stereocenters. The van der Waals surface area contributed by atoms with Crippen LogP contribution < -0.4 is 5.32 Å². The number of amides is 1. The number of aryl methyl sites for hydroxylation is 3. The Hall–Kier alpha value is -2.18. The molecule has 1 heterocycles. The Labute approximate surface area is 174 Å². The van der Waals surface area contributed by atoms with Gasteiger partial charge in [-0.3, -0.25) is 4.79 Å². The van der Waals surface area contributed by atoms with E-state index in [1.54, 1.807) is 12.1 Å². The van der Waals surface area contributed by atoms with Crippen molar-refractivity contribution in [3.05, 3.63) is 64.7 Å². The molecule has 2 aromatic rings. The molecule has 1 aliphatic heterocycles. The van der Waals surface area contributed by atoms with E-state index in [4.69, 9.17) is 0 Å². The van der Waals surface area contributed by atoms with Crippen molar-refractivity contribution >= 4 is 15.9 Å². The molecule has 0 spiro atoms. The van der Waals surface area contributed by atoms with Crippen LogP contribution in [0.4, 0.5) is 0 Å². The number of nitrogens with zero attached hydrogens (tertiary/aromatic N) is 1. The van der Waals surface area contributed by atoms with Crippen molar-refractivity contribution in [3.8, 4) is 0 Å². The first-order valence-electron chi connectivity index (χ1n) is 10.0. The first-order chi connectivity index (χ1) is 13.6. The first-order valence-corrected chi connectivity index (χ1v) is 11.5. The summed E-state index contributed by atoms with van der Waals surface area (Å²) >= 11 is 0. The van der Waals surface area contributed by atoms with Gasteiger partial charge in [0.05, 0.1) is 10.3 Å². The Morgan fingerprint density at radius 3 is 2.41 bits per heavy atom. The highest BCUT2D eigenvalue weighted by atomic mass is 32.2. The van der Waals surface area contributed by atoms with E-state index in [1.807, 2.05) is 58.0 Å². The molecule has 29 heavy (non-hydrogen) atoms. The number of sulfonamides is 1. The van der Waals surface area contributed by atoms with Gasteiger partial charge in [0.15, 0.2) is 0 Å². The van der Waals surface area contributed by atoms with Crippen LogP contribution in [0, 0.1) is 26.2 Å². The summed E-state index contributed by atoms with van der Waals surface area (Å²) < 4.78 is 27.9. The molecule has 0 aromatic heterocycles. The second-order valence-electron chi connectivity index (χ2n) is 8.44. The van der Waals surface area contributed by atoms with Crippen molar-refractivity contribution in [3.63, 3.8) is 0 Å². The van der Waals surface area contributed by atoms with Gasteiger partial charge in [-0.2, -0.15) is 4.31 Å². The average Bonchev–Trinajstić information content (AvgIpc) is 2.66. The van der Waals surface area contributed by atoms with Gasteiger partial charge in [-0.1, -0.05) is 30.3 Å². The highest BCUT2D eigenvalue weighted by Crippen LogP contribution is 2.33. The maximum absolute atomic E-state index is 13.2. The molecule has 1 saturated heterocycles. The molecule has 156 valence electrons. The Balaban J connectivity index is 1.76. The Bertz CT molecular complexity index is 996. The van der Waals surface area contributed by atoms with Crippen LogP contribution in [-0.2, 0) is 21.4 Å². The molecular formula is C23H30N2O3S. The predicted molar refractivity (Wildman–Crippen MR) is 115 cm³/mol. The number of nitrogens with one attached hydrogen (secondary N) is 1. The SMILES string of the molecule is Cc1cc(C)cc(S(=O)(=O)N2CCCC(C)(C(=O)NCc3ccccc3C)C2)c1. The average molecular weight is 415 g/mol. The van der Waals surface area contributed by atoms with Crippen LogP contribution in [0.5, 0.6) is 0 Å². The maximum atomic E-state index is 13.2. The van der Waals surface area contributed by atoms with Gasteiger partial charge in [0.2, 0.25) is 15.9 Å². The number of piperidine rings is 1. The smallest absolute Gasteiger partial charge is 0.243 e. The van der Waals surface area contributed by atoms with Gasteiger partial charge in [0, 0.05) is 19.6 Å². The Morgan fingerprint density at radius 1 is 1.10 bits per heavy atom. The van der Waals surface area contributed by atoms with E-state index in [0.29, 0.717) is 30.8 Å². The van der Waals surface area contributed by atoms with Crippen LogP contribution in [0.3, 0.4) is 0 Å². The number of benzene rings is 2. The fourth-order valence-electron chi connectivity index (χ4n) is 4.01. The number of rotatable bonds is 5. The van der Waals surface area contributed by atoms with Crippen LogP contribution in [0.25, 0.3) is 0 Å². The van der Waals surface area contributed by atoms with Crippen molar-refractivity contribution in [2.75, 3.05) is 13.1 Å². The molecule has 6 heteroatoms. The fraction of sp³-hybridized carbons (Fsp3) is 0.435. The summed E-state index contributed by atoms with van der Waals surface area (Å²) in [5, 5.41) is 3.02. The molecular weight excluding hydrogens is 384 g/mol. The van der Waals surface area contributed by atoms with Gasteiger partial charge >= 0.3 is 0 Å². The van der Waals surface area contributed by atoms with Crippen LogP contribution in [-0.4, -0.2) is 31.7 Å². The molecule has 1 amide bonds. The lowest BCUT2D eigenvalue weighted by molar-refractivity contribution is -0.132. The molecule has 0 bridgehead atoms. The van der Waals surface area contributed by atoms with E-state index in [0.717, 1.165) is 22.3 Å². The van der Waals surface area contributed by atoms with Crippen molar-refractivity contribution in [1.29, 1.82) is 0 Å². The van der Waals surface area contributed by atoms with E-state index in [2.05, 4.69) is 5.32 Å². The standard InChI is InChI=1S/C23H30N2O3S/c1-17-12-18(2)14-21(13-17)29(27,28)25-11-7-10-23(4,16-25)22(26)24-15-20-9-6-5-8-19(20)3/h5-6,8-9,12-14H,7,10-11,15-16H2,1-4H3,(H,24,26). The summed E-state index contributed by atoms with van der Waals surface area (Å²) in [6.07, 6.45) is 1.34. The summed E-state index contributed by atoms with van der Waals surface area (Å²) in [5.74, 6) is -0.0962. The second-order valence-corrected chi connectivity index (χ2v) is 10.4. The van der Waals surface area contributed by atoms with Gasteiger partial charge < -0.3 is 5.32 Å². The van der Waals surface area contributed by atoms with Crippen LogP contribution >= 0.6 is 0 Å². The summed E-state index contributed by atoms with van der Waals surface area (Å²) in [6.45, 7) is 8.75. The van der Waals surface area contributed by atoms with Crippen molar-refractivity contribution in [1.82, 2.24) is 9.62 Å². The predicted octanol–water partition coefficient (Wildman–Crippen LogP) is 3.72. The lowest BCUT2D eigenvalue weighted by Gasteiger charge is -2.38. The normalized spacial score (nSPS) is 20.4. The molecule has 0 saturated carbocycles. The number of hydrogen-bond donors (Lipinski definition) is 1. The second kappa shape index (κ2) is 8.28. The minimum absolute atomic E-state index is 0.0962. The third kappa shape index (κ3) is 4.70. The molecule has 0 aliphatic carbocycles. The van der Waals surface area contributed by atoms with Crippen LogP contribution in [0.15, 0.2) is 47.4 Å². The molecule has 0 radical (unpaired) electrons. The minimum atomic E-state index is -3.63. The van der Waals surface area contributed by atoms with E-state index in [1.165, 1.54) is 4.31 Å². The van der Waals surface area contributed by atoms with Crippen molar-refractivity contribution in [2.45, 2.75) is 52.0 Å². The minimum Gasteiger partial charge on any atom is -0.352 e. The van der Waals surface area contributed by atoms with Crippen LogP contribution in [0.2, 0.25) is 0 Å². The zero-order chi connectivity index (χ0) is 21.2. The van der Waals surface area contributed by atoms with Gasteiger partial charge in [0.25, 0.3) is 0 Å². The number of carbonyl (C=O) groups excluding carboxylic acids is 1. The summed E-state index contributed by atoms with van der Waals surface area (Å²) in [7, 11) is -3.63. The van der Waals surface area contributed by atoms with E-state index in [9.17, 15) is 13.2 Å². The zero-order valence-electron chi connectivity index (χ0n) is 17.7. The molecule has 2 aromatic carbocycles. The topological polar surface area (TPSA) is 66.5 Å². The lowest BCUT2D eigenvalue weighted by Crippen LogP contribution is -2.51. The third-order valence-corrected chi connectivity index (χ3v) is 7.57. The van der Waals surface area contributed by atoms with Gasteiger partial charge in [0.1, 0.15) is 0 Å². The van der Waals surface area contributed by atoms with Crippen molar-refractivity contribution < 1.29 is 13.2 Å². The summed E-state index contributed by atoms with van der Waals surface area (Å²) in [4.78, 5) is 13.3. The number of carbonyl (C=O) groups is 1. The molecule has 1 fully saturated rings. The zero-order valence-corrected chi connectivity index (χ0v) is 18.5. The summed E-state index contributed by atoms with van der Waals surface area (Å²) in [6, 6.07) is 13.3. The third-order valence-electron chi connectivity index (χ3n) is 5.74. The van der Waals surface area contributed by atoms with Crippen molar-refractivity contribution in [2.24, 2.45) is 5.41 Å². The van der Waals surface area contributed by atoms with E-state index in [-0.39, 0.29) is 12.5 Å². The van der Waals surface area contributed by atoms with Gasteiger partial charge in [-0.05, 0) is 74.9 Å². The van der Waals surface area contributed by atoms with Crippen LogP contribution in [0.1, 0.15) is 42.0 Å². The maximum Gasteiger partial charge on any atom is 0.243 e. The van der Waals surface area contributed by atoms with E-state index < -0.39 is 15.4 Å². The monoisotopic (exact) mass is 414 g/mol. The largest absolute Gasteiger partial charge is 0.352 e. The quantitative estimate of drug-likeness (QED) is 0.811. The lowest BCUT2D eigenvalue weighted by atomic mass is 9.82. The first kappa shape index (κ1) is 21.5. The van der Waals surface area contributed by atoms with E-state index >= 15 is 0 Å². The number of hydrogen-bond acceptors (Lipinski definition) is 3. The molecule has 1 N–H and O–H groups in total. The highest BCUT2D eigenvalue weighted by molar-refractivity contribution is 7.89. The van der Waals surface area contributed by atoms with Gasteiger partial charge in [-0.25, -0.2) is 8.42 Å². The molecule has 1 aliphatic rings. The summed E-state index contributed by atoms with van der Waals surface area (Å²) in [5.41, 5.74) is 3.28. The molecule has 1 atom stereocenters. The fourth-order valence-corrected chi connectivity index (χ4v) is 5.80. The molecule has 3 rings (SSSR count).